The Morgan fingerprint density at radius 1 is 1.56 bits per heavy atom. The van der Waals surface area contributed by atoms with E-state index in [4.69, 9.17) is 28.5 Å². The van der Waals surface area contributed by atoms with Crippen LogP contribution in [0.4, 0.5) is 0 Å². The fraction of sp³-hybridized carbons (Fsp3) is 0.125. The molecule has 8 heteroatoms. The van der Waals surface area contributed by atoms with Crippen LogP contribution in [0.15, 0.2) is 28.6 Å². The molecule has 16 heavy (non-hydrogen) atoms. The van der Waals surface area contributed by atoms with Crippen LogP contribution in [0.25, 0.3) is 0 Å². The standard InChI is InChI=1S/C8H11ClN6O/c1-5(13-10)15(11)8(14-16)6-2-3-7(9)12-4-6/h2-4,16H,10-11H2,1H3/b13-5-,14-8+. The lowest BCUT2D eigenvalue weighted by Crippen LogP contribution is -2.42. The van der Waals surface area contributed by atoms with Gasteiger partial charge in [-0.3, -0.25) is 0 Å². The van der Waals surface area contributed by atoms with Crippen LogP contribution in [0.5, 0.6) is 0 Å². The number of hydrazone groups is 1. The van der Waals surface area contributed by atoms with Gasteiger partial charge in [0.2, 0.25) is 0 Å². The van der Waals surface area contributed by atoms with Crippen molar-refractivity contribution in [3.63, 3.8) is 0 Å². The summed E-state index contributed by atoms with van der Waals surface area (Å²) < 4.78 is 0. The van der Waals surface area contributed by atoms with Crippen molar-refractivity contribution in [2.45, 2.75) is 6.92 Å². The topological polar surface area (TPSA) is 113 Å². The van der Waals surface area contributed by atoms with Crippen molar-refractivity contribution in [1.82, 2.24) is 9.99 Å². The molecule has 0 spiro atoms. The van der Waals surface area contributed by atoms with Crippen LogP contribution >= 0.6 is 11.6 Å². The molecule has 0 fully saturated rings. The molecule has 7 nitrogen and oxygen atoms in total. The molecule has 86 valence electrons. The van der Waals surface area contributed by atoms with Crippen LogP contribution in [0, 0.1) is 0 Å². The van der Waals surface area contributed by atoms with Gasteiger partial charge in [0.25, 0.3) is 0 Å². The number of hydrogen-bond donors (Lipinski definition) is 3. The number of oxime groups is 1. The number of aromatic nitrogens is 1. The van der Waals surface area contributed by atoms with Crippen LogP contribution in [-0.2, 0) is 0 Å². The van der Waals surface area contributed by atoms with E-state index in [1.807, 2.05) is 0 Å². The molecule has 0 saturated carbocycles. The lowest BCUT2D eigenvalue weighted by Gasteiger charge is -2.17. The summed E-state index contributed by atoms with van der Waals surface area (Å²) in [5.41, 5.74) is 0.484. The van der Waals surface area contributed by atoms with E-state index >= 15 is 0 Å². The third-order valence-electron chi connectivity index (χ3n) is 1.84. The zero-order valence-corrected chi connectivity index (χ0v) is 9.26. The maximum absolute atomic E-state index is 8.87. The molecule has 0 unspecified atom stereocenters. The first kappa shape index (κ1) is 12.2. The summed E-state index contributed by atoms with van der Waals surface area (Å²) in [6.07, 6.45) is 1.42. The van der Waals surface area contributed by atoms with Crippen molar-refractivity contribution in [3.8, 4) is 0 Å². The quantitative estimate of drug-likeness (QED) is 0.164. The highest BCUT2D eigenvalue weighted by atomic mass is 35.5. The molecule has 0 saturated heterocycles. The molecule has 1 heterocycles. The highest BCUT2D eigenvalue weighted by Crippen LogP contribution is 2.07. The van der Waals surface area contributed by atoms with E-state index in [1.54, 1.807) is 19.1 Å². The Balaban J connectivity index is 3.05. The summed E-state index contributed by atoms with van der Waals surface area (Å²) in [5.74, 6) is 11.0. The zero-order valence-electron chi connectivity index (χ0n) is 8.50. The Bertz CT molecular complexity index is 415. The number of hydrogen-bond acceptors (Lipinski definition) is 6. The van der Waals surface area contributed by atoms with E-state index in [0.717, 1.165) is 5.01 Å². The number of hydrazine groups is 1. The van der Waals surface area contributed by atoms with E-state index in [1.165, 1.54) is 6.20 Å². The van der Waals surface area contributed by atoms with Crippen LogP contribution in [0.3, 0.4) is 0 Å². The Kier molecular flexibility index (Phi) is 4.03. The molecule has 5 N–H and O–H groups in total. The highest BCUT2D eigenvalue weighted by molar-refractivity contribution is 6.29. The highest BCUT2D eigenvalue weighted by Gasteiger charge is 2.13. The summed E-state index contributed by atoms with van der Waals surface area (Å²) in [4.78, 5) is 3.84. The predicted octanol–water partition coefficient (Wildman–Crippen LogP) is 0.339. The largest absolute Gasteiger partial charge is 0.409 e. The van der Waals surface area contributed by atoms with Crippen molar-refractivity contribution in [2.75, 3.05) is 0 Å². The fourth-order valence-corrected chi connectivity index (χ4v) is 1.08. The second-order valence-corrected chi connectivity index (χ2v) is 3.23. The second kappa shape index (κ2) is 5.29. The van der Waals surface area contributed by atoms with Gasteiger partial charge in [0.1, 0.15) is 11.0 Å². The number of nitrogens with two attached hydrogens (primary N) is 2. The number of rotatable bonds is 1. The first-order valence-electron chi connectivity index (χ1n) is 4.23. The Morgan fingerprint density at radius 2 is 2.25 bits per heavy atom. The van der Waals surface area contributed by atoms with Crippen molar-refractivity contribution < 1.29 is 5.21 Å². The molecule has 1 rings (SSSR count). The van der Waals surface area contributed by atoms with E-state index < -0.39 is 0 Å². The maximum atomic E-state index is 8.87. The molecule has 0 radical (unpaired) electrons. The van der Waals surface area contributed by atoms with Crippen molar-refractivity contribution in [2.24, 2.45) is 21.9 Å². The molecular weight excluding hydrogens is 232 g/mol. The lowest BCUT2D eigenvalue weighted by molar-refractivity contribution is 0.311. The number of amidine groups is 2. The van der Waals surface area contributed by atoms with Crippen LogP contribution in [-0.4, -0.2) is 26.9 Å². The molecule has 0 aromatic carbocycles. The second-order valence-electron chi connectivity index (χ2n) is 2.84. The van der Waals surface area contributed by atoms with Gasteiger partial charge >= 0.3 is 0 Å². The number of pyridine rings is 1. The van der Waals surface area contributed by atoms with Gasteiger partial charge in [0.05, 0.1) is 0 Å². The van der Waals surface area contributed by atoms with Gasteiger partial charge in [-0.25, -0.2) is 15.8 Å². The smallest absolute Gasteiger partial charge is 0.196 e. The molecule has 0 bridgehead atoms. The van der Waals surface area contributed by atoms with Crippen molar-refractivity contribution >= 4 is 23.3 Å². The van der Waals surface area contributed by atoms with Gasteiger partial charge in [-0.1, -0.05) is 16.8 Å². The summed E-state index contributed by atoms with van der Waals surface area (Å²) in [7, 11) is 0. The average Bonchev–Trinajstić information content (AvgIpc) is 2.31. The fourth-order valence-electron chi connectivity index (χ4n) is 0.969. The van der Waals surface area contributed by atoms with Crippen molar-refractivity contribution in [3.05, 3.63) is 29.0 Å². The minimum atomic E-state index is 0.0656. The first-order chi connectivity index (χ1) is 7.60. The minimum absolute atomic E-state index is 0.0656. The normalized spacial score (nSPS) is 12.7. The predicted molar refractivity (Wildman–Crippen MR) is 60.9 cm³/mol. The third-order valence-corrected chi connectivity index (χ3v) is 2.07. The summed E-state index contributed by atoms with van der Waals surface area (Å²) >= 11 is 5.63. The van der Waals surface area contributed by atoms with Crippen molar-refractivity contribution in [1.29, 1.82) is 0 Å². The van der Waals surface area contributed by atoms with Gasteiger partial charge in [0, 0.05) is 11.8 Å². The Morgan fingerprint density at radius 3 is 2.69 bits per heavy atom. The maximum Gasteiger partial charge on any atom is 0.196 e. The van der Waals surface area contributed by atoms with Gasteiger partial charge in [-0.05, 0) is 19.1 Å². The Labute approximate surface area is 97.0 Å². The minimum Gasteiger partial charge on any atom is -0.409 e. The summed E-state index contributed by atoms with van der Waals surface area (Å²) in [5, 5.41) is 16.7. The van der Waals surface area contributed by atoms with Gasteiger partial charge in [0.15, 0.2) is 5.84 Å². The summed E-state index contributed by atoms with van der Waals surface area (Å²) in [6.45, 7) is 1.56. The molecule has 1 aromatic heterocycles. The SMILES string of the molecule is C/C(=N/N)N(N)/C(=N/O)c1ccc(Cl)nc1. The molecule has 0 amide bonds. The van der Waals surface area contributed by atoms with Gasteiger partial charge in [-0.2, -0.15) is 5.10 Å². The molecule has 0 aliphatic carbocycles. The average molecular weight is 243 g/mol. The molecular formula is C8H11ClN6O. The van der Waals surface area contributed by atoms with Gasteiger partial charge in [-0.15, -0.1) is 0 Å². The van der Waals surface area contributed by atoms with Crippen LogP contribution in [0.1, 0.15) is 12.5 Å². The van der Waals surface area contributed by atoms with Crippen LogP contribution in [0.2, 0.25) is 5.15 Å². The Hall–Kier alpha value is -1.86. The molecule has 0 aliphatic heterocycles. The zero-order chi connectivity index (χ0) is 12.1. The lowest BCUT2D eigenvalue weighted by atomic mass is 10.2. The van der Waals surface area contributed by atoms with Gasteiger partial charge < -0.3 is 11.0 Å². The number of nitrogens with zero attached hydrogens (tertiary/aromatic N) is 4. The molecule has 0 atom stereocenters. The first-order valence-corrected chi connectivity index (χ1v) is 4.61. The van der Waals surface area contributed by atoms with E-state index in [0.29, 0.717) is 10.7 Å². The molecule has 0 aliphatic rings. The van der Waals surface area contributed by atoms with Crippen LogP contribution < -0.4 is 11.7 Å². The third kappa shape index (κ3) is 2.59. The monoisotopic (exact) mass is 242 g/mol. The van der Waals surface area contributed by atoms with E-state index in [2.05, 4.69) is 15.2 Å². The molecule has 1 aromatic rings. The van der Waals surface area contributed by atoms with E-state index in [-0.39, 0.29) is 11.7 Å². The number of halogens is 1. The van der Waals surface area contributed by atoms with E-state index in [9.17, 15) is 0 Å². The summed E-state index contributed by atoms with van der Waals surface area (Å²) in [6, 6.07) is 3.15.